The average molecular weight is 225 g/mol. The number of aromatic hydroxyl groups is 1. The number of nitrogens with one attached hydrogen (secondary N) is 1. The molecule has 1 rings (SSSR count). The molecule has 0 unspecified atom stereocenters. The van der Waals surface area contributed by atoms with E-state index in [1.165, 1.54) is 12.1 Å². The first kappa shape index (κ1) is 12.5. The second kappa shape index (κ2) is 5.49. The van der Waals surface area contributed by atoms with Crippen LogP contribution in [0.15, 0.2) is 18.2 Å². The number of phenolic OH excluding ortho intramolecular Hbond substituents is 1. The summed E-state index contributed by atoms with van der Waals surface area (Å²) in [7, 11) is 0. The maximum absolute atomic E-state index is 13.0. The van der Waals surface area contributed by atoms with E-state index in [9.17, 15) is 9.18 Å². The smallest absolute Gasteiger partial charge is 0.227 e. The van der Waals surface area contributed by atoms with Gasteiger partial charge in [0.1, 0.15) is 0 Å². The zero-order chi connectivity index (χ0) is 12.1. The molecule has 0 atom stereocenters. The Hall–Kier alpha value is -1.58. The Morgan fingerprint density at radius 2 is 2.06 bits per heavy atom. The molecule has 1 aromatic rings. The molecule has 0 fully saturated rings. The quantitative estimate of drug-likeness (QED) is 0.774. The number of benzene rings is 1. The van der Waals surface area contributed by atoms with Crippen LogP contribution in [-0.4, -0.2) is 11.0 Å². The molecule has 3 nitrogen and oxygen atoms in total. The van der Waals surface area contributed by atoms with Gasteiger partial charge >= 0.3 is 0 Å². The highest BCUT2D eigenvalue weighted by Gasteiger charge is 2.14. The first-order chi connectivity index (χ1) is 7.58. The Bertz CT molecular complexity index is 375. The van der Waals surface area contributed by atoms with Crippen molar-refractivity contribution in [3.63, 3.8) is 0 Å². The van der Waals surface area contributed by atoms with Crippen molar-refractivity contribution in [1.29, 1.82) is 0 Å². The molecule has 0 aliphatic rings. The highest BCUT2D eigenvalue weighted by Crippen LogP contribution is 2.20. The minimum atomic E-state index is -0.734. The summed E-state index contributed by atoms with van der Waals surface area (Å²) >= 11 is 0. The lowest BCUT2D eigenvalue weighted by Crippen LogP contribution is -2.21. The topological polar surface area (TPSA) is 49.3 Å². The summed E-state index contributed by atoms with van der Waals surface area (Å²) in [6.07, 6.45) is 1.51. The summed E-state index contributed by atoms with van der Waals surface area (Å²) in [5, 5.41) is 11.6. The summed E-state index contributed by atoms with van der Waals surface area (Å²) < 4.78 is 13.0. The number of amides is 1. The Morgan fingerprint density at radius 3 is 2.56 bits per heavy atom. The zero-order valence-corrected chi connectivity index (χ0v) is 9.46. The van der Waals surface area contributed by atoms with Crippen LogP contribution in [0.3, 0.4) is 0 Å². The first-order valence-electron chi connectivity index (χ1n) is 5.37. The number of carbonyl (C=O) groups is 1. The van der Waals surface area contributed by atoms with Crippen molar-refractivity contribution in [2.45, 2.75) is 26.7 Å². The van der Waals surface area contributed by atoms with E-state index in [4.69, 9.17) is 5.11 Å². The largest absolute Gasteiger partial charge is 0.505 e. The molecule has 0 aliphatic heterocycles. The van der Waals surface area contributed by atoms with E-state index >= 15 is 0 Å². The Balaban J connectivity index is 2.73. The van der Waals surface area contributed by atoms with E-state index in [0.29, 0.717) is 5.69 Å². The van der Waals surface area contributed by atoms with Crippen molar-refractivity contribution >= 4 is 11.6 Å². The average Bonchev–Trinajstić information content (AvgIpc) is 2.25. The number of anilines is 1. The monoisotopic (exact) mass is 225 g/mol. The summed E-state index contributed by atoms with van der Waals surface area (Å²) in [6, 6.07) is 3.80. The Kier molecular flexibility index (Phi) is 4.28. The molecular weight excluding hydrogens is 209 g/mol. The Labute approximate surface area is 94.3 Å². The fourth-order valence-corrected chi connectivity index (χ4v) is 1.49. The van der Waals surface area contributed by atoms with Gasteiger partial charge in [0.25, 0.3) is 0 Å². The lowest BCUT2D eigenvalue weighted by molar-refractivity contribution is -0.120. The van der Waals surface area contributed by atoms with Crippen LogP contribution in [0.4, 0.5) is 10.1 Å². The molecule has 1 amide bonds. The highest BCUT2D eigenvalue weighted by atomic mass is 19.1. The second-order valence-corrected chi connectivity index (χ2v) is 3.67. The van der Waals surface area contributed by atoms with Gasteiger partial charge in [-0.05, 0) is 25.0 Å². The molecule has 0 spiro atoms. The molecule has 0 radical (unpaired) electrons. The molecule has 88 valence electrons. The van der Waals surface area contributed by atoms with Crippen molar-refractivity contribution in [2.24, 2.45) is 5.92 Å². The predicted molar refractivity (Wildman–Crippen MR) is 60.8 cm³/mol. The summed E-state index contributed by atoms with van der Waals surface area (Å²) in [4.78, 5) is 11.7. The van der Waals surface area contributed by atoms with Gasteiger partial charge in [0.15, 0.2) is 11.6 Å². The van der Waals surface area contributed by atoms with Gasteiger partial charge in [-0.1, -0.05) is 13.8 Å². The molecule has 0 saturated carbocycles. The minimum Gasteiger partial charge on any atom is -0.505 e. The fraction of sp³-hybridized carbons (Fsp3) is 0.417. The van der Waals surface area contributed by atoms with Crippen molar-refractivity contribution in [2.75, 3.05) is 5.32 Å². The van der Waals surface area contributed by atoms with Gasteiger partial charge in [-0.15, -0.1) is 0 Å². The number of halogens is 1. The third kappa shape index (κ3) is 2.95. The van der Waals surface area contributed by atoms with Gasteiger partial charge < -0.3 is 10.4 Å². The molecule has 16 heavy (non-hydrogen) atoms. The number of hydrogen-bond donors (Lipinski definition) is 2. The lowest BCUT2D eigenvalue weighted by atomic mass is 10.0. The van der Waals surface area contributed by atoms with E-state index in [2.05, 4.69) is 5.32 Å². The standard InChI is InChI=1S/C12H16FNO2/c1-3-8(4-2)12(16)14-9-5-6-11(15)10(13)7-9/h5-8,15H,3-4H2,1-2H3,(H,14,16). The fourth-order valence-electron chi connectivity index (χ4n) is 1.49. The van der Waals surface area contributed by atoms with Gasteiger partial charge in [0.05, 0.1) is 0 Å². The van der Waals surface area contributed by atoms with Gasteiger partial charge in [0.2, 0.25) is 5.91 Å². The van der Waals surface area contributed by atoms with Crippen LogP contribution in [0.25, 0.3) is 0 Å². The summed E-state index contributed by atoms with van der Waals surface area (Å²) in [6.45, 7) is 3.87. The van der Waals surface area contributed by atoms with Gasteiger partial charge in [-0.25, -0.2) is 4.39 Å². The molecule has 0 aliphatic carbocycles. The van der Waals surface area contributed by atoms with Crippen LogP contribution in [0.1, 0.15) is 26.7 Å². The van der Waals surface area contributed by atoms with E-state index in [0.717, 1.165) is 18.9 Å². The SMILES string of the molecule is CCC(CC)C(=O)Nc1ccc(O)c(F)c1. The highest BCUT2D eigenvalue weighted by molar-refractivity contribution is 5.92. The molecular formula is C12H16FNO2. The van der Waals surface area contributed by atoms with Crippen molar-refractivity contribution in [1.82, 2.24) is 0 Å². The number of carbonyl (C=O) groups excluding carboxylic acids is 1. The van der Waals surface area contributed by atoms with Gasteiger partial charge in [0, 0.05) is 17.7 Å². The normalized spacial score (nSPS) is 10.5. The van der Waals surface area contributed by atoms with Crippen molar-refractivity contribution in [3.05, 3.63) is 24.0 Å². The van der Waals surface area contributed by atoms with Crippen molar-refractivity contribution < 1.29 is 14.3 Å². The maximum Gasteiger partial charge on any atom is 0.227 e. The first-order valence-corrected chi connectivity index (χ1v) is 5.37. The summed E-state index contributed by atoms with van der Waals surface area (Å²) in [5.74, 6) is -1.32. The molecule has 0 aromatic heterocycles. The number of hydrogen-bond acceptors (Lipinski definition) is 2. The third-order valence-electron chi connectivity index (χ3n) is 2.57. The molecule has 1 aromatic carbocycles. The summed E-state index contributed by atoms with van der Waals surface area (Å²) in [5.41, 5.74) is 0.368. The van der Waals surface area contributed by atoms with Crippen LogP contribution in [-0.2, 0) is 4.79 Å². The van der Waals surface area contributed by atoms with Gasteiger partial charge in [-0.3, -0.25) is 4.79 Å². The Morgan fingerprint density at radius 1 is 1.44 bits per heavy atom. The second-order valence-electron chi connectivity index (χ2n) is 3.67. The van der Waals surface area contributed by atoms with E-state index in [1.54, 1.807) is 0 Å². The van der Waals surface area contributed by atoms with E-state index < -0.39 is 11.6 Å². The molecule has 2 N–H and O–H groups in total. The molecule has 4 heteroatoms. The van der Waals surface area contributed by atoms with Gasteiger partial charge in [-0.2, -0.15) is 0 Å². The van der Waals surface area contributed by atoms with E-state index in [1.807, 2.05) is 13.8 Å². The predicted octanol–water partition coefficient (Wildman–Crippen LogP) is 2.91. The molecule has 0 bridgehead atoms. The van der Waals surface area contributed by atoms with Crippen molar-refractivity contribution in [3.8, 4) is 5.75 Å². The lowest BCUT2D eigenvalue weighted by Gasteiger charge is -2.12. The minimum absolute atomic E-state index is 0.0585. The van der Waals surface area contributed by atoms with Crippen LogP contribution in [0.5, 0.6) is 5.75 Å². The van der Waals surface area contributed by atoms with Crippen LogP contribution >= 0.6 is 0 Å². The van der Waals surface area contributed by atoms with Crippen LogP contribution in [0.2, 0.25) is 0 Å². The van der Waals surface area contributed by atoms with Crippen LogP contribution < -0.4 is 5.32 Å². The maximum atomic E-state index is 13.0. The number of phenols is 1. The zero-order valence-electron chi connectivity index (χ0n) is 9.46. The molecule has 0 saturated heterocycles. The molecule has 0 heterocycles. The van der Waals surface area contributed by atoms with Crippen LogP contribution in [0, 0.1) is 11.7 Å². The van der Waals surface area contributed by atoms with E-state index in [-0.39, 0.29) is 11.8 Å². The third-order valence-corrected chi connectivity index (χ3v) is 2.57. The number of rotatable bonds is 4.